The second kappa shape index (κ2) is 12.5. The van der Waals surface area contributed by atoms with Crippen LogP contribution >= 0.6 is 11.3 Å². The van der Waals surface area contributed by atoms with Crippen molar-refractivity contribution >= 4 is 46.3 Å². The highest BCUT2D eigenvalue weighted by molar-refractivity contribution is 7.17. The van der Waals surface area contributed by atoms with E-state index in [2.05, 4.69) is 22.8 Å². The number of thiophene rings is 1. The van der Waals surface area contributed by atoms with Gasteiger partial charge in [-0.05, 0) is 86.6 Å². The summed E-state index contributed by atoms with van der Waals surface area (Å²) in [5.41, 5.74) is 5.42. The number of hydrogen-bond acceptors (Lipinski definition) is 8. The Bertz CT molecular complexity index is 1430. The number of nitrogens with one attached hydrogen (secondary N) is 2. The molecule has 0 saturated carbocycles. The van der Waals surface area contributed by atoms with Gasteiger partial charge in [-0.3, -0.25) is 9.59 Å². The lowest BCUT2D eigenvalue weighted by molar-refractivity contribution is -0.136. The van der Waals surface area contributed by atoms with Gasteiger partial charge in [-0.1, -0.05) is 24.6 Å². The number of carbonyl (C=O) groups excluding carboxylic acids is 4. The molecule has 202 valence electrons. The molecule has 1 heterocycles. The molecular formula is C29H29N3O6S. The Kier molecular flexibility index (Phi) is 8.88. The minimum absolute atomic E-state index is 0.207. The van der Waals surface area contributed by atoms with Crippen molar-refractivity contribution in [3.05, 3.63) is 81.2 Å². The maximum atomic E-state index is 12.6. The molecule has 39 heavy (non-hydrogen) atoms. The fraction of sp³-hybridized carbons (Fsp3) is 0.276. The monoisotopic (exact) mass is 547 g/mol. The molecule has 4 rings (SSSR count). The molecule has 3 aromatic rings. The number of benzene rings is 2. The summed E-state index contributed by atoms with van der Waals surface area (Å²) < 4.78 is 10.6. The number of aryl methyl sites for hydroxylation is 1. The van der Waals surface area contributed by atoms with Crippen LogP contribution in [0.5, 0.6) is 5.75 Å². The molecule has 0 aliphatic heterocycles. The first-order valence-electron chi connectivity index (χ1n) is 12.6. The number of ether oxygens (including phenoxy) is 2. The molecule has 2 N–H and O–H groups in total. The molecule has 2 aromatic carbocycles. The van der Waals surface area contributed by atoms with Crippen LogP contribution in [-0.4, -0.2) is 36.6 Å². The Morgan fingerprint density at radius 3 is 2.56 bits per heavy atom. The summed E-state index contributed by atoms with van der Waals surface area (Å²) >= 11 is 1.30. The first-order chi connectivity index (χ1) is 18.7. The van der Waals surface area contributed by atoms with Crippen molar-refractivity contribution in [2.24, 2.45) is 11.0 Å². The Labute approximate surface area is 230 Å². The van der Waals surface area contributed by atoms with Crippen LogP contribution < -0.4 is 15.5 Å². The van der Waals surface area contributed by atoms with Gasteiger partial charge < -0.3 is 14.8 Å². The van der Waals surface area contributed by atoms with Crippen LogP contribution in [0.1, 0.15) is 62.6 Å². The molecule has 1 aliphatic carbocycles. The summed E-state index contributed by atoms with van der Waals surface area (Å²) in [6.07, 6.45) is 3.82. The summed E-state index contributed by atoms with van der Waals surface area (Å²) in [7, 11) is 0. The lowest BCUT2D eigenvalue weighted by Crippen LogP contribution is -2.32. The summed E-state index contributed by atoms with van der Waals surface area (Å²) in [6.45, 7) is 5.96. The molecular weight excluding hydrogens is 518 g/mol. The smallest absolute Gasteiger partial charge is 0.343 e. The second-order valence-corrected chi connectivity index (χ2v) is 10.4. The normalized spacial score (nSPS) is 14.4. The van der Waals surface area contributed by atoms with E-state index in [0.717, 1.165) is 35.3 Å². The first-order valence-corrected chi connectivity index (χ1v) is 13.4. The predicted molar refractivity (Wildman–Crippen MR) is 148 cm³/mol. The number of rotatable bonds is 7. The van der Waals surface area contributed by atoms with Crippen molar-refractivity contribution in [1.29, 1.82) is 0 Å². The number of carbonyl (C=O) groups is 4. The van der Waals surface area contributed by atoms with Crippen LogP contribution in [0.25, 0.3) is 0 Å². The van der Waals surface area contributed by atoms with Crippen LogP contribution in [0.3, 0.4) is 0 Å². The largest absolute Gasteiger partial charge is 0.462 e. The van der Waals surface area contributed by atoms with Gasteiger partial charge in [-0.15, -0.1) is 11.3 Å². The number of nitrogens with zero attached hydrogens (tertiary/aromatic N) is 1. The molecule has 1 aromatic heterocycles. The molecule has 0 bridgehead atoms. The second-order valence-electron chi connectivity index (χ2n) is 9.26. The third kappa shape index (κ3) is 6.97. The summed E-state index contributed by atoms with van der Waals surface area (Å²) in [6, 6.07) is 13.6. The maximum absolute atomic E-state index is 12.6. The Morgan fingerprint density at radius 2 is 1.85 bits per heavy atom. The van der Waals surface area contributed by atoms with E-state index in [1.54, 1.807) is 49.4 Å². The topological polar surface area (TPSA) is 123 Å². The molecule has 1 aliphatic rings. The van der Waals surface area contributed by atoms with Crippen LogP contribution in [-0.2, 0) is 27.2 Å². The van der Waals surface area contributed by atoms with Gasteiger partial charge in [0, 0.05) is 4.88 Å². The number of amides is 2. The lowest BCUT2D eigenvalue weighted by atomic mass is 9.88. The number of esters is 2. The van der Waals surface area contributed by atoms with Crippen molar-refractivity contribution in [3.8, 4) is 5.75 Å². The Hall–Kier alpha value is -4.31. The van der Waals surface area contributed by atoms with E-state index in [0.29, 0.717) is 33.4 Å². The fourth-order valence-corrected chi connectivity index (χ4v) is 5.59. The molecule has 0 radical (unpaired) electrons. The van der Waals surface area contributed by atoms with E-state index < -0.39 is 23.8 Å². The van der Waals surface area contributed by atoms with Gasteiger partial charge in [-0.25, -0.2) is 15.0 Å². The summed E-state index contributed by atoms with van der Waals surface area (Å²) in [4.78, 5) is 50.9. The minimum atomic E-state index is -0.982. The van der Waals surface area contributed by atoms with E-state index >= 15 is 0 Å². The third-order valence-electron chi connectivity index (χ3n) is 6.15. The Morgan fingerprint density at radius 1 is 1.08 bits per heavy atom. The first kappa shape index (κ1) is 27.7. The van der Waals surface area contributed by atoms with Crippen LogP contribution in [0.4, 0.5) is 5.00 Å². The van der Waals surface area contributed by atoms with Crippen LogP contribution in [0, 0.1) is 12.8 Å². The minimum Gasteiger partial charge on any atom is -0.462 e. The van der Waals surface area contributed by atoms with Crippen molar-refractivity contribution in [2.75, 3.05) is 11.9 Å². The van der Waals surface area contributed by atoms with Crippen molar-refractivity contribution in [3.63, 3.8) is 0 Å². The SMILES string of the molecule is CCOC(=O)c1c(NC(=O)C(=O)N/N=C\c2ccc(OC(=O)c3cccc(C)c3)cc2)sc2c1CC[C@H](C)C2. The summed E-state index contributed by atoms with van der Waals surface area (Å²) in [5.74, 6) is -2.07. The van der Waals surface area contributed by atoms with Gasteiger partial charge in [-0.2, -0.15) is 5.10 Å². The van der Waals surface area contributed by atoms with Gasteiger partial charge in [0.1, 0.15) is 10.8 Å². The van der Waals surface area contributed by atoms with Gasteiger partial charge in [0.25, 0.3) is 0 Å². The van der Waals surface area contributed by atoms with E-state index in [1.807, 2.05) is 13.0 Å². The average molecular weight is 548 g/mol. The zero-order chi connectivity index (χ0) is 27.9. The fourth-order valence-electron chi connectivity index (χ4n) is 4.19. The number of hydrogen-bond donors (Lipinski definition) is 2. The number of fused-ring (bicyclic) bond motifs is 1. The third-order valence-corrected chi connectivity index (χ3v) is 7.32. The zero-order valence-electron chi connectivity index (χ0n) is 21.9. The molecule has 0 unspecified atom stereocenters. The molecule has 1 atom stereocenters. The van der Waals surface area contributed by atoms with Crippen molar-refractivity contribution in [1.82, 2.24) is 5.43 Å². The van der Waals surface area contributed by atoms with E-state index in [9.17, 15) is 19.2 Å². The standard InChI is InChI=1S/C29H29N3O6S/c1-4-37-29(36)24-22-13-8-18(3)15-23(22)39-27(24)31-25(33)26(34)32-30-16-19-9-11-21(12-10-19)38-28(35)20-7-5-6-17(2)14-20/h5-7,9-12,14,16,18H,4,8,13,15H2,1-3H3,(H,31,33)(H,32,34)/b30-16-/t18-/m0/s1. The average Bonchev–Trinajstić information content (AvgIpc) is 3.26. The molecule has 0 fully saturated rings. The summed E-state index contributed by atoms with van der Waals surface area (Å²) in [5, 5.41) is 6.70. The molecule has 9 nitrogen and oxygen atoms in total. The van der Waals surface area contributed by atoms with Gasteiger partial charge >= 0.3 is 23.8 Å². The van der Waals surface area contributed by atoms with Gasteiger partial charge in [0.05, 0.1) is 23.9 Å². The van der Waals surface area contributed by atoms with Crippen LogP contribution in [0.2, 0.25) is 0 Å². The molecule has 2 amide bonds. The predicted octanol–water partition coefficient (Wildman–Crippen LogP) is 4.67. The van der Waals surface area contributed by atoms with Crippen molar-refractivity contribution < 1.29 is 28.7 Å². The quantitative estimate of drug-likeness (QED) is 0.146. The van der Waals surface area contributed by atoms with Crippen LogP contribution in [0.15, 0.2) is 53.6 Å². The van der Waals surface area contributed by atoms with E-state index in [1.165, 1.54) is 17.6 Å². The number of anilines is 1. The van der Waals surface area contributed by atoms with Gasteiger partial charge in [0.2, 0.25) is 0 Å². The van der Waals surface area contributed by atoms with Crippen molar-refractivity contribution in [2.45, 2.75) is 40.0 Å². The van der Waals surface area contributed by atoms with E-state index in [-0.39, 0.29) is 6.61 Å². The zero-order valence-corrected chi connectivity index (χ0v) is 22.7. The molecule has 0 saturated heterocycles. The lowest BCUT2D eigenvalue weighted by Gasteiger charge is -2.18. The molecule has 10 heteroatoms. The highest BCUT2D eigenvalue weighted by atomic mass is 32.1. The highest BCUT2D eigenvalue weighted by Crippen LogP contribution is 2.40. The van der Waals surface area contributed by atoms with E-state index in [4.69, 9.17) is 9.47 Å². The van der Waals surface area contributed by atoms with Gasteiger partial charge in [0.15, 0.2) is 0 Å². The highest BCUT2D eigenvalue weighted by Gasteiger charge is 2.30. The maximum Gasteiger partial charge on any atom is 0.343 e. The Balaban J connectivity index is 1.35. The molecule has 0 spiro atoms. The number of hydrazone groups is 1.